The maximum Gasteiger partial charge on any atom is 0.336 e. The molecule has 0 aliphatic heterocycles. The lowest BCUT2D eigenvalue weighted by atomic mass is 10.0. The molecule has 0 spiro atoms. The molecule has 2 aromatic carbocycles. The molecule has 1 atom stereocenters. The molecule has 3 aromatic rings. The summed E-state index contributed by atoms with van der Waals surface area (Å²) in [6.45, 7) is 1.67. The minimum absolute atomic E-state index is 0.156. The number of hydrogen-bond donors (Lipinski definition) is 0. The van der Waals surface area contributed by atoms with E-state index < -0.39 is 11.7 Å². The molecule has 1 aromatic heterocycles. The zero-order valence-electron chi connectivity index (χ0n) is 14.7. The number of ether oxygens (including phenoxy) is 1. The Bertz CT molecular complexity index is 1030. The highest BCUT2D eigenvalue weighted by Gasteiger charge is 2.17. The highest BCUT2D eigenvalue weighted by atomic mass is 35.5. The molecule has 0 fully saturated rings. The number of halogens is 1. The second kappa shape index (κ2) is 7.22. The summed E-state index contributed by atoms with van der Waals surface area (Å²) >= 11 is 6.28. The second-order valence-electron chi connectivity index (χ2n) is 6.11. The van der Waals surface area contributed by atoms with Gasteiger partial charge in [-0.3, -0.25) is 4.79 Å². The van der Waals surface area contributed by atoms with Crippen molar-refractivity contribution in [1.29, 1.82) is 0 Å². The van der Waals surface area contributed by atoms with Crippen LogP contribution in [0, 0.1) is 0 Å². The van der Waals surface area contributed by atoms with E-state index in [0.29, 0.717) is 21.9 Å². The molecule has 26 heavy (non-hydrogen) atoms. The lowest BCUT2D eigenvalue weighted by molar-refractivity contribution is -0.135. The van der Waals surface area contributed by atoms with Gasteiger partial charge in [0.2, 0.25) is 0 Å². The van der Waals surface area contributed by atoms with Crippen molar-refractivity contribution in [3.63, 3.8) is 0 Å². The third kappa shape index (κ3) is 3.58. The van der Waals surface area contributed by atoms with Gasteiger partial charge in [0.05, 0.1) is 0 Å². The Balaban J connectivity index is 2.05. The number of fused-ring (bicyclic) bond motifs is 1. The molecule has 134 valence electrons. The molecule has 1 amide bonds. The highest BCUT2D eigenvalue weighted by molar-refractivity contribution is 6.33. The summed E-state index contributed by atoms with van der Waals surface area (Å²) in [5.41, 5.74) is 1.32. The fourth-order valence-electron chi connectivity index (χ4n) is 2.74. The highest BCUT2D eigenvalue weighted by Crippen LogP contribution is 2.33. The number of likely N-dealkylation sites (N-methyl/N-ethyl adjacent to an activating group) is 1. The monoisotopic (exact) mass is 371 g/mol. The molecule has 0 N–H and O–H groups in total. The zero-order chi connectivity index (χ0) is 18.8. The summed E-state index contributed by atoms with van der Waals surface area (Å²) in [7, 11) is 3.33. The third-order valence-corrected chi connectivity index (χ3v) is 4.31. The minimum Gasteiger partial charge on any atom is -0.481 e. The molecule has 3 rings (SSSR count). The van der Waals surface area contributed by atoms with Crippen molar-refractivity contribution in [3.8, 4) is 16.9 Å². The molecule has 0 radical (unpaired) electrons. The molecule has 0 aliphatic carbocycles. The van der Waals surface area contributed by atoms with E-state index in [2.05, 4.69) is 0 Å². The number of amides is 1. The van der Waals surface area contributed by atoms with E-state index in [4.69, 9.17) is 20.8 Å². The molecular weight excluding hydrogens is 354 g/mol. The summed E-state index contributed by atoms with van der Waals surface area (Å²) in [6, 6.07) is 13.9. The van der Waals surface area contributed by atoms with Crippen LogP contribution in [0.25, 0.3) is 22.1 Å². The van der Waals surface area contributed by atoms with Crippen molar-refractivity contribution in [1.82, 2.24) is 4.90 Å². The fraction of sp³-hybridized carbons (Fsp3) is 0.200. The quantitative estimate of drug-likeness (QED) is 0.651. The van der Waals surface area contributed by atoms with Crippen LogP contribution in [0.15, 0.2) is 57.7 Å². The Morgan fingerprint density at radius 3 is 2.54 bits per heavy atom. The topological polar surface area (TPSA) is 59.8 Å². The largest absolute Gasteiger partial charge is 0.481 e. The van der Waals surface area contributed by atoms with E-state index in [1.54, 1.807) is 45.3 Å². The molecule has 0 aliphatic rings. The third-order valence-electron chi connectivity index (χ3n) is 3.98. The summed E-state index contributed by atoms with van der Waals surface area (Å²) in [5, 5.41) is 1.28. The van der Waals surface area contributed by atoms with Gasteiger partial charge >= 0.3 is 5.63 Å². The predicted molar refractivity (Wildman–Crippen MR) is 102 cm³/mol. The molecule has 6 heteroatoms. The molecule has 0 bridgehead atoms. The summed E-state index contributed by atoms with van der Waals surface area (Å²) in [5.74, 6) is 0.288. The van der Waals surface area contributed by atoms with Gasteiger partial charge in [0.25, 0.3) is 5.91 Å². The van der Waals surface area contributed by atoms with Crippen LogP contribution in [0.2, 0.25) is 5.02 Å². The zero-order valence-corrected chi connectivity index (χ0v) is 15.4. The van der Waals surface area contributed by atoms with E-state index >= 15 is 0 Å². The van der Waals surface area contributed by atoms with Gasteiger partial charge in [-0.05, 0) is 25.1 Å². The average Bonchev–Trinajstić information content (AvgIpc) is 2.60. The Kier molecular flexibility index (Phi) is 5.00. The predicted octanol–water partition coefficient (Wildman–Crippen LogP) is 3.97. The fourth-order valence-corrected chi connectivity index (χ4v) is 2.97. The SMILES string of the molecule is CC(Oc1ccc2c(-c3ccccc3Cl)cc(=O)oc2c1)C(=O)N(C)C. The van der Waals surface area contributed by atoms with Gasteiger partial charge in [0.15, 0.2) is 6.10 Å². The van der Waals surface area contributed by atoms with E-state index in [1.807, 2.05) is 18.2 Å². The van der Waals surface area contributed by atoms with Crippen LogP contribution in [-0.4, -0.2) is 31.0 Å². The summed E-state index contributed by atoms with van der Waals surface area (Å²) < 4.78 is 11.0. The number of benzene rings is 2. The standard InChI is InChI=1S/C20H18ClNO4/c1-12(20(24)22(2)3)25-13-8-9-15-16(11-19(23)26-18(15)10-13)14-6-4-5-7-17(14)21/h4-12H,1-3H3. The van der Waals surface area contributed by atoms with Crippen molar-refractivity contribution in [2.24, 2.45) is 0 Å². The number of rotatable bonds is 4. The van der Waals surface area contributed by atoms with Gasteiger partial charge in [-0.2, -0.15) is 0 Å². The Hall–Kier alpha value is -2.79. The smallest absolute Gasteiger partial charge is 0.336 e. The first-order valence-electron chi connectivity index (χ1n) is 8.07. The van der Waals surface area contributed by atoms with Gasteiger partial charge in [-0.15, -0.1) is 0 Å². The first-order valence-corrected chi connectivity index (χ1v) is 8.45. The van der Waals surface area contributed by atoms with Gasteiger partial charge in [-0.25, -0.2) is 4.79 Å². The lowest BCUT2D eigenvalue weighted by Crippen LogP contribution is -2.35. The first kappa shape index (κ1) is 18.0. The van der Waals surface area contributed by atoms with E-state index in [-0.39, 0.29) is 5.91 Å². The van der Waals surface area contributed by atoms with E-state index in [9.17, 15) is 9.59 Å². The summed E-state index contributed by atoms with van der Waals surface area (Å²) in [4.78, 5) is 25.4. The van der Waals surface area contributed by atoms with Crippen LogP contribution in [0.1, 0.15) is 6.92 Å². The number of carbonyl (C=O) groups excluding carboxylic acids is 1. The van der Waals surface area contributed by atoms with Crippen LogP contribution >= 0.6 is 11.6 Å². The van der Waals surface area contributed by atoms with Crippen LogP contribution in [0.5, 0.6) is 5.75 Å². The van der Waals surface area contributed by atoms with E-state index in [1.165, 1.54) is 11.0 Å². The molecular formula is C20H18ClNO4. The molecule has 0 saturated heterocycles. The van der Waals surface area contributed by atoms with Gasteiger partial charge in [-0.1, -0.05) is 29.8 Å². The van der Waals surface area contributed by atoms with Gasteiger partial charge in [0, 0.05) is 47.8 Å². The molecule has 1 unspecified atom stereocenters. The van der Waals surface area contributed by atoms with Crippen molar-refractivity contribution in [3.05, 3.63) is 64.0 Å². The van der Waals surface area contributed by atoms with Gasteiger partial charge in [0.1, 0.15) is 11.3 Å². The maximum absolute atomic E-state index is 12.0. The Morgan fingerprint density at radius 1 is 1.12 bits per heavy atom. The lowest BCUT2D eigenvalue weighted by Gasteiger charge is -2.18. The normalized spacial score (nSPS) is 12.0. The van der Waals surface area contributed by atoms with Crippen molar-refractivity contribution >= 4 is 28.5 Å². The second-order valence-corrected chi connectivity index (χ2v) is 6.52. The average molecular weight is 372 g/mol. The van der Waals surface area contributed by atoms with Crippen LogP contribution < -0.4 is 10.4 Å². The van der Waals surface area contributed by atoms with Gasteiger partial charge < -0.3 is 14.1 Å². The van der Waals surface area contributed by atoms with Crippen molar-refractivity contribution in [2.45, 2.75) is 13.0 Å². The van der Waals surface area contributed by atoms with Crippen molar-refractivity contribution in [2.75, 3.05) is 14.1 Å². The number of carbonyl (C=O) groups is 1. The Morgan fingerprint density at radius 2 is 1.85 bits per heavy atom. The number of nitrogens with zero attached hydrogens (tertiary/aromatic N) is 1. The Labute approximate surface area is 155 Å². The molecule has 5 nitrogen and oxygen atoms in total. The molecule has 0 saturated carbocycles. The number of hydrogen-bond acceptors (Lipinski definition) is 4. The van der Waals surface area contributed by atoms with Crippen LogP contribution in [0.3, 0.4) is 0 Å². The van der Waals surface area contributed by atoms with Crippen LogP contribution in [-0.2, 0) is 4.79 Å². The minimum atomic E-state index is -0.652. The van der Waals surface area contributed by atoms with E-state index in [0.717, 1.165) is 10.9 Å². The summed E-state index contributed by atoms with van der Waals surface area (Å²) in [6.07, 6.45) is -0.652. The maximum atomic E-state index is 12.0. The first-order chi connectivity index (χ1) is 12.4. The van der Waals surface area contributed by atoms with Crippen molar-refractivity contribution < 1.29 is 13.9 Å². The van der Waals surface area contributed by atoms with Crippen LogP contribution in [0.4, 0.5) is 0 Å². The molecule has 1 heterocycles.